The number of halogens is 1. The zero-order valence-corrected chi connectivity index (χ0v) is 16.8. The standard InChI is InChI=1S/C26H20FNO3/c27-20-7-10-24-18(13-20)6-8-21(28-24)16-30-22-9-11-25-23(14-22)26(29)19(15-31-25)12-17-4-2-1-3-5-17/h1-11,13-14,19H,12,15-16H2. The second-order valence-corrected chi connectivity index (χ2v) is 7.65. The summed E-state index contributed by atoms with van der Waals surface area (Å²) in [5.41, 5.74) is 3.09. The van der Waals surface area contributed by atoms with Crippen LogP contribution in [0.15, 0.2) is 78.9 Å². The molecule has 0 bridgehead atoms. The Bertz CT molecular complexity index is 1260. The van der Waals surface area contributed by atoms with Crippen molar-refractivity contribution in [2.45, 2.75) is 13.0 Å². The molecule has 0 saturated heterocycles. The molecule has 0 aliphatic carbocycles. The third-order valence-electron chi connectivity index (χ3n) is 5.45. The molecule has 3 aromatic carbocycles. The van der Waals surface area contributed by atoms with Gasteiger partial charge < -0.3 is 9.47 Å². The highest BCUT2D eigenvalue weighted by molar-refractivity contribution is 6.01. The summed E-state index contributed by atoms with van der Waals surface area (Å²) >= 11 is 0. The largest absolute Gasteiger partial charge is 0.492 e. The van der Waals surface area contributed by atoms with Crippen molar-refractivity contribution in [1.82, 2.24) is 4.98 Å². The van der Waals surface area contributed by atoms with Crippen LogP contribution in [-0.4, -0.2) is 17.4 Å². The Morgan fingerprint density at radius 2 is 1.87 bits per heavy atom. The average molecular weight is 413 g/mol. The smallest absolute Gasteiger partial charge is 0.173 e. The van der Waals surface area contributed by atoms with Crippen molar-refractivity contribution in [2.24, 2.45) is 5.92 Å². The van der Waals surface area contributed by atoms with Gasteiger partial charge >= 0.3 is 0 Å². The molecule has 0 fully saturated rings. The lowest BCUT2D eigenvalue weighted by atomic mass is 9.89. The average Bonchev–Trinajstić information content (AvgIpc) is 2.80. The number of ketones is 1. The Balaban J connectivity index is 1.31. The summed E-state index contributed by atoms with van der Waals surface area (Å²) in [7, 11) is 0. The van der Waals surface area contributed by atoms with E-state index in [1.807, 2.05) is 42.5 Å². The molecule has 0 N–H and O–H groups in total. The predicted molar refractivity (Wildman–Crippen MR) is 116 cm³/mol. The van der Waals surface area contributed by atoms with E-state index < -0.39 is 0 Å². The lowest BCUT2D eigenvalue weighted by Gasteiger charge is -2.24. The Kier molecular flexibility index (Phi) is 5.08. The Hall–Kier alpha value is -3.73. The Morgan fingerprint density at radius 3 is 2.74 bits per heavy atom. The lowest BCUT2D eigenvalue weighted by Crippen LogP contribution is -2.29. The maximum Gasteiger partial charge on any atom is 0.173 e. The highest BCUT2D eigenvalue weighted by Crippen LogP contribution is 2.32. The van der Waals surface area contributed by atoms with Gasteiger partial charge in [-0.15, -0.1) is 0 Å². The molecule has 0 saturated carbocycles. The molecule has 1 aliphatic rings. The first-order valence-electron chi connectivity index (χ1n) is 10.2. The zero-order chi connectivity index (χ0) is 21.2. The summed E-state index contributed by atoms with van der Waals surface area (Å²) in [6.45, 7) is 0.622. The third-order valence-corrected chi connectivity index (χ3v) is 5.45. The number of benzene rings is 3. The molecule has 0 amide bonds. The maximum atomic E-state index is 13.3. The maximum absolute atomic E-state index is 13.3. The van der Waals surface area contributed by atoms with Gasteiger partial charge in [-0.2, -0.15) is 0 Å². The Morgan fingerprint density at radius 1 is 1.00 bits per heavy atom. The Labute approximate surface area is 179 Å². The van der Waals surface area contributed by atoms with Gasteiger partial charge in [0.2, 0.25) is 0 Å². The molecular formula is C26H20FNO3. The number of fused-ring (bicyclic) bond motifs is 2. The van der Waals surface area contributed by atoms with E-state index in [-0.39, 0.29) is 24.1 Å². The van der Waals surface area contributed by atoms with Crippen LogP contribution in [-0.2, 0) is 13.0 Å². The summed E-state index contributed by atoms with van der Waals surface area (Å²) in [6.07, 6.45) is 0.645. The molecule has 4 nitrogen and oxygen atoms in total. The van der Waals surface area contributed by atoms with E-state index in [1.165, 1.54) is 12.1 Å². The van der Waals surface area contributed by atoms with Crippen LogP contribution in [0.3, 0.4) is 0 Å². The van der Waals surface area contributed by atoms with Gasteiger partial charge in [-0.25, -0.2) is 9.37 Å². The van der Waals surface area contributed by atoms with Crippen LogP contribution in [0, 0.1) is 11.7 Å². The monoisotopic (exact) mass is 413 g/mol. The molecule has 2 heterocycles. The van der Waals surface area contributed by atoms with Crippen molar-refractivity contribution in [3.63, 3.8) is 0 Å². The molecule has 1 unspecified atom stereocenters. The van der Waals surface area contributed by atoms with E-state index in [2.05, 4.69) is 4.98 Å². The quantitative estimate of drug-likeness (QED) is 0.440. The van der Waals surface area contributed by atoms with Crippen molar-refractivity contribution in [2.75, 3.05) is 6.61 Å². The van der Waals surface area contributed by atoms with Crippen molar-refractivity contribution in [3.8, 4) is 11.5 Å². The van der Waals surface area contributed by atoms with Crippen LogP contribution in [0.1, 0.15) is 21.6 Å². The zero-order valence-electron chi connectivity index (χ0n) is 16.8. The number of rotatable bonds is 5. The summed E-state index contributed by atoms with van der Waals surface area (Å²) in [5.74, 6) is 0.739. The van der Waals surface area contributed by atoms with Gasteiger partial charge in [0.1, 0.15) is 23.9 Å². The molecule has 0 radical (unpaired) electrons. The molecule has 5 heteroatoms. The van der Waals surface area contributed by atoms with Crippen molar-refractivity contribution < 1.29 is 18.7 Å². The second-order valence-electron chi connectivity index (χ2n) is 7.65. The first-order valence-corrected chi connectivity index (χ1v) is 10.2. The van der Waals surface area contributed by atoms with E-state index >= 15 is 0 Å². The number of pyridine rings is 1. The molecule has 4 aromatic rings. The molecule has 154 valence electrons. The fourth-order valence-corrected chi connectivity index (χ4v) is 3.83. The van der Waals surface area contributed by atoms with Gasteiger partial charge in [0.15, 0.2) is 5.78 Å². The second kappa shape index (κ2) is 8.19. The molecule has 5 rings (SSSR count). The number of Topliss-reactive ketones (excluding diaryl/α,β-unsaturated/α-hetero) is 1. The molecule has 1 aromatic heterocycles. The van der Waals surface area contributed by atoms with Crippen LogP contribution in [0.5, 0.6) is 11.5 Å². The fraction of sp³-hybridized carbons (Fsp3) is 0.154. The number of hydrogen-bond acceptors (Lipinski definition) is 4. The van der Waals surface area contributed by atoms with Gasteiger partial charge in [0.05, 0.1) is 29.3 Å². The predicted octanol–water partition coefficient (Wildman–Crippen LogP) is 5.39. The number of aromatic nitrogens is 1. The van der Waals surface area contributed by atoms with E-state index in [1.54, 1.807) is 24.3 Å². The third kappa shape index (κ3) is 4.12. The van der Waals surface area contributed by atoms with Crippen LogP contribution in [0.25, 0.3) is 10.9 Å². The molecule has 31 heavy (non-hydrogen) atoms. The summed E-state index contributed by atoms with van der Waals surface area (Å²) in [4.78, 5) is 17.6. The fourth-order valence-electron chi connectivity index (χ4n) is 3.83. The van der Waals surface area contributed by atoms with E-state index in [9.17, 15) is 9.18 Å². The van der Waals surface area contributed by atoms with Gasteiger partial charge in [-0.3, -0.25) is 4.79 Å². The van der Waals surface area contributed by atoms with Crippen LogP contribution >= 0.6 is 0 Å². The first-order chi connectivity index (χ1) is 15.2. The normalized spacial score (nSPS) is 15.4. The molecule has 1 atom stereocenters. The van der Waals surface area contributed by atoms with Crippen LogP contribution in [0.2, 0.25) is 0 Å². The topological polar surface area (TPSA) is 48.4 Å². The number of nitrogens with zero attached hydrogens (tertiary/aromatic N) is 1. The summed E-state index contributed by atoms with van der Waals surface area (Å²) in [5, 5.41) is 0.740. The van der Waals surface area contributed by atoms with E-state index in [0.717, 1.165) is 16.6 Å². The minimum absolute atomic E-state index is 0.0707. The minimum Gasteiger partial charge on any atom is -0.492 e. The molecular weight excluding hydrogens is 393 g/mol. The van der Waals surface area contributed by atoms with E-state index in [0.29, 0.717) is 35.6 Å². The summed E-state index contributed by atoms with van der Waals surface area (Å²) < 4.78 is 25.1. The van der Waals surface area contributed by atoms with Crippen LogP contribution < -0.4 is 9.47 Å². The number of carbonyl (C=O) groups excluding carboxylic acids is 1. The number of hydrogen-bond donors (Lipinski definition) is 0. The molecule has 1 aliphatic heterocycles. The lowest BCUT2D eigenvalue weighted by molar-refractivity contribution is 0.0829. The van der Waals surface area contributed by atoms with Gasteiger partial charge in [0, 0.05) is 5.39 Å². The first kappa shape index (κ1) is 19.2. The number of ether oxygens (including phenoxy) is 2. The number of carbonyl (C=O) groups is 1. The summed E-state index contributed by atoms with van der Waals surface area (Å²) in [6, 6.07) is 23.4. The highest BCUT2D eigenvalue weighted by atomic mass is 19.1. The highest BCUT2D eigenvalue weighted by Gasteiger charge is 2.29. The van der Waals surface area contributed by atoms with Crippen molar-refractivity contribution >= 4 is 16.7 Å². The van der Waals surface area contributed by atoms with Crippen molar-refractivity contribution in [1.29, 1.82) is 0 Å². The SMILES string of the molecule is O=C1c2cc(OCc3ccc4cc(F)ccc4n3)ccc2OCC1Cc1ccccc1. The molecule has 0 spiro atoms. The minimum atomic E-state index is -0.287. The van der Waals surface area contributed by atoms with Gasteiger partial charge in [0.25, 0.3) is 0 Å². The van der Waals surface area contributed by atoms with Crippen molar-refractivity contribution in [3.05, 3.63) is 102 Å². The van der Waals surface area contributed by atoms with Crippen LogP contribution in [0.4, 0.5) is 4.39 Å². The van der Waals surface area contributed by atoms with Gasteiger partial charge in [-0.1, -0.05) is 36.4 Å². The van der Waals surface area contributed by atoms with Gasteiger partial charge in [-0.05, 0) is 54.4 Å². The van der Waals surface area contributed by atoms with E-state index in [4.69, 9.17) is 9.47 Å².